The monoisotopic (exact) mass is 300 g/mol. The highest BCUT2D eigenvalue weighted by molar-refractivity contribution is 7.80. The summed E-state index contributed by atoms with van der Waals surface area (Å²) in [6, 6.07) is 17.0. The lowest BCUT2D eigenvalue weighted by molar-refractivity contribution is 0.0977. The molecule has 0 saturated heterocycles. The van der Waals surface area contributed by atoms with E-state index in [9.17, 15) is 4.79 Å². The van der Waals surface area contributed by atoms with Gasteiger partial charge in [0.2, 0.25) is 0 Å². The van der Waals surface area contributed by atoms with Crippen molar-refractivity contribution >= 4 is 23.2 Å². The Kier molecular flexibility index (Phi) is 5.29. The number of thiocarbonyl (C=S) groups is 1. The summed E-state index contributed by atoms with van der Waals surface area (Å²) in [6.45, 7) is 0.546. The van der Waals surface area contributed by atoms with Gasteiger partial charge in [0.05, 0.1) is 6.61 Å². The van der Waals surface area contributed by atoms with E-state index >= 15 is 0 Å². The molecule has 0 fully saturated rings. The molecule has 0 aliphatic carbocycles. The van der Waals surface area contributed by atoms with Gasteiger partial charge in [-0.25, -0.2) is 0 Å². The number of rotatable bonds is 5. The lowest BCUT2D eigenvalue weighted by Crippen LogP contribution is -2.34. The van der Waals surface area contributed by atoms with Gasteiger partial charge in [-0.3, -0.25) is 10.1 Å². The fraction of sp³-hybridized carbons (Fsp3) is 0.125. The minimum Gasteiger partial charge on any atom is -0.493 e. The van der Waals surface area contributed by atoms with E-state index < -0.39 is 0 Å². The van der Waals surface area contributed by atoms with Crippen LogP contribution >= 0.6 is 12.2 Å². The van der Waals surface area contributed by atoms with Crippen molar-refractivity contribution in [1.29, 1.82) is 0 Å². The molecule has 0 radical (unpaired) electrons. The molecule has 0 atom stereocenters. The molecule has 2 aromatic carbocycles. The molecule has 2 rings (SSSR count). The predicted molar refractivity (Wildman–Crippen MR) is 86.3 cm³/mol. The number of carbonyl (C=O) groups excluding carboxylic acids is 1. The van der Waals surface area contributed by atoms with Crippen LogP contribution in [0.3, 0.4) is 0 Å². The maximum absolute atomic E-state index is 11.8. The molecule has 21 heavy (non-hydrogen) atoms. The van der Waals surface area contributed by atoms with Crippen LogP contribution in [-0.4, -0.2) is 17.6 Å². The summed E-state index contributed by atoms with van der Waals surface area (Å²) < 4.78 is 5.66. The fourth-order valence-electron chi connectivity index (χ4n) is 1.84. The van der Waals surface area contributed by atoms with Gasteiger partial charge in [0.15, 0.2) is 5.11 Å². The molecular weight excluding hydrogens is 284 g/mol. The van der Waals surface area contributed by atoms with Crippen molar-refractivity contribution in [2.75, 3.05) is 6.61 Å². The summed E-state index contributed by atoms with van der Waals surface area (Å²) in [5, 5.41) is 2.34. The summed E-state index contributed by atoms with van der Waals surface area (Å²) in [4.78, 5) is 11.8. The van der Waals surface area contributed by atoms with E-state index in [1.54, 1.807) is 18.2 Å². The molecule has 0 heterocycles. The third kappa shape index (κ3) is 4.89. The number of carbonyl (C=O) groups is 1. The Bertz CT molecular complexity index is 629. The first-order chi connectivity index (χ1) is 10.1. The van der Waals surface area contributed by atoms with Crippen LogP contribution in [0, 0.1) is 0 Å². The van der Waals surface area contributed by atoms with Crippen LogP contribution in [0.2, 0.25) is 0 Å². The van der Waals surface area contributed by atoms with Crippen LogP contribution in [0.15, 0.2) is 54.6 Å². The van der Waals surface area contributed by atoms with E-state index in [0.29, 0.717) is 17.9 Å². The molecule has 0 aliphatic heterocycles. The Morgan fingerprint density at radius 3 is 2.62 bits per heavy atom. The first-order valence-corrected chi connectivity index (χ1v) is 6.93. The number of ether oxygens (including phenoxy) is 1. The van der Waals surface area contributed by atoms with Crippen LogP contribution in [0.25, 0.3) is 0 Å². The smallest absolute Gasteiger partial charge is 0.257 e. The zero-order chi connectivity index (χ0) is 15.1. The van der Waals surface area contributed by atoms with Gasteiger partial charge in [0.1, 0.15) is 5.75 Å². The normalized spacial score (nSPS) is 9.90. The van der Waals surface area contributed by atoms with Crippen LogP contribution in [0.5, 0.6) is 5.75 Å². The Hall–Kier alpha value is -2.40. The van der Waals surface area contributed by atoms with Crippen molar-refractivity contribution in [3.8, 4) is 5.75 Å². The van der Waals surface area contributed by atoms with E-state index in [0.717, 1.165) is 6.42 Å². The Morgan fingerprint density at radius 1 is 1.14 bits per heavy atom. The van der Waals surface area contributed by atoms with E-state index in [-0.39, 0.29) is 11.0 Å². The highest BCUT2D eigenvalue weighted by atomic mass is 32.1. The van der Waals surface area contributed by atoms with Crippen molar-refractivity contribution < 1.29 is 9.53 Å². The molecule has 0 aromatic heterocycles. The molecule has 5 heteroatoms. The molecular formula is C16H16N2O2S. The molecule has 0 bridgehead atoms. The van der Waals surface area contributed by atoms with Gasteiger partial charge in [0.25, 0.3) is 5.91 Å². The van der Waals surface area contributed by atoms with Gasteiger partial charge in [-0.2, -0.15) is 0 Å². The molecule has 4 nitrogen and oxygen atoms in total. The van der Waals surface area contributed by atoms with E-state index in [1.807, 2.05) is 24.3 Å². The lowest BCUT2D eigenvalue weighted by Gasteiger charge is -2.08. The Labute approximate surface area is 128 Å². The van der Waals surface area contributed by atoms with Crippen molar-refractivity contribution in [3.05, 3.63) is 65.7 Å². The molecule has 0 spiro atoms. The average Bonchev–Trinajstić information content (AvgIpc) is 2.48. The van der Waals surface area contributed by atoms with Crippen molar-refractivity contribution in [2.45, 2.75) is 6.42 Å². The zero-order valence-electron chi connectivity index (χ0n) is 11.4. The number of nitrogens with two attached hydrogens (primary N) is 1. The molecule has 108 valence electrons. The highest BCUT2D eigenvalue weighted by Crippen LogP contribution is 2.14. The number of benzene rings is 2. The molecule has 2 aromatic rings. The van der Waals surface area contributed by atoms with Gasteiger partial charge in [-0.15, -0.1) is 0 Å². The zero-order valence-corrected chi connectivity index (χ0v) is 12.2. The largest absolute Gasteiger partial charge is 0.493 e. The summed E-state index contributed by atoms with van der Waals surface area (Å²) in [5.41, 5.74) is 6.95. The molecule has 0 aliphatic rings. The van der Waals surface area contributed by atoms with Crippen LogP contribution in [-0.2, 0) is 6.42 Å². The number of hydrogen-bond donors (Lipinski definition) is 2. The maximum Gasteiger partial charge on any atom is 0.257 e. The lowest BCUT2D eigenvalue weighted by atomic mass is 10.2. The Balaban J connectivity index is 1.92. The van der Waals surface area contributed by atoms with E-state index in [2.05, 4.69) is 29.7 Å². The van der Waals surface area contributed by atoms with Gasteiger partial charge >= 0.3 is 0 Å². The van der Waals surface area contributed by atoms with Gasteiger partial charge in [-0.1, -0.05) is 36.4 Å². The van der Waals surface area contributed by atoms with Crippen LogP contribution in [0.1, 0.15) is 15.9 Å². The van der Waals surface area contributed by atoms with Crippen molar-refractivity contribution in [1.82, 2.24) is 5.32 Å². The SMILES string of the molecule is NC(=S)NC(=O)c1cccc(OCCc2ccccc2)c1. The van der Waals surface area contributed by atoms with Crippen LogP contribution < -0.4 is 15.8 Å². The van der Waals surface area contributed by atoms with E-state index in [1.165, 1.54) is 5.56 Å². The summed E-state index contributed by atoms with van der Waals surface area (Å²) >= 11 is 4.64. The quantitative estimate of drug-likeness (QED) is 0.832. The number of nitrogens with one attached hydrogen (secondary N) is 1. The second kappa shape index (κ2) is 7.40. The minimum absolute atomic E-state index is 0.0459. The standard InChI is InChI=1S/C16H16N2O2S/c17-16(21)18-15(19)13-7-4-8-14(11-13)20-10-9-12-5-2-1-3-6-12/h1-8,11H,9-10H2,(H3,17,18,19,21). The second-order valence-corrected chi connectivity index (χ2v) is 4.87. The number of hydrogen-bond acceptors (Lipinski definition) is 3. The fourth-order valence-corrected chi connectivity index (χ4v) is 1.94. The molecule has 0 unspecified atom stereocenters. The predicted octanol–water partition coefficient (Wildman–Crippen LogP) is 2.28. The summed E-state index contributed by atoms with van der Waals surface area (Å²) in [6.07, 6.45) is 0.810. The Morgan fingerprint density at radius 2 is 1.90 bits per heavy atom. The van der Waals surface area contributed by atoms with Gasteiger partial charge in [-0.05, 0) is 36.0 Å². The van der Waals surface area contributed by atoms with E-state index in [4.69, 9.17) is 10.5 Å². The van der Waals surface area contributed by atoms with Crippen molar-refractivity contribution in [3.63, 3.8) is 0 Å². The maximum atomic E-state index is 11.8. The van der Waals surface area contributed by atoms with Gasteiger partial charge < -0.3 is 10.5 Å². The second-order valence-electron chi connectivity index (χ2n) is 4.43. The first kappa shape index (κ1) is 15.0. The highest BCUT2D eigenvalue weighted by Gasteiger charge is 2.07. The molecule has 1 amide bonds. The minimum atomic E-state index is -0.337. The van der Waals surface area contributed by atoms with Gasteiger partial charge in [0, 0.05) is 12.0 Å². The summed E-state index contributed by atoms with van der Waals surface area (Å²) in [5.74, 6) is 0.303. The third-order valence-corrected chi connectivity index (χ3v) is 2.94. The molecule has 0 saturated carbocycles. The molecule has 3 N–H and O–H groups in total. The first-order valence-electron chi connectivity index (χ1n) is 6.53. The van der Waals surface area contributed by atoms with Crippen molar-refractivity contribution in [2.24, 2.45) is 5.73 Å². The topological polar surface area (TPSA) is 64.3 Å². The van der Waals surface area contributed by atoms with Crippen LogP contribution in [0.4, 0.5) is 0 Å². The third-order valence-electron chi connectivity index (χ3n) is 2.84. The number of amides is 1. The average molecular weight is 300 g/mol. The summed E-state index contributed by atoms with van der Waals surface area (Å²) in [7, 11) is 0.